The largest absolute Gasteiger partial charge is 0.478 e. The van der Waals surface area contributed by atoms with Crippen LogP contribution in [0.3, 0.4) is 0 Å². The van der Waals surface area contributed by atoms with E-state index in [-0.39, 0.29) is 23.7 Å². The molecule has 1 aliphatic heterocycles. The fourth-order valence-corrected chi connectivity index (χ4v) is 3.38. The van der Waals surface area contributed by atoms with E-state index in [0.29, 0.717) is 6.54 Å². The van der Waals surface area contributed by atoms with E-state index in [1.54, 1.807) is 30.3 Å². The maximum Gasteiger partial charge on any atom is 0.347 e. The van der Waals surface area contributed by atoms with Crippen molar-refractivity contribution in [2.45, 2.75) is 19.3 Å². The van der Waals surface area contributed by atoms with Crippen molar-refractivity contribution in [3.63, 3.8) is 0 Å². The van der Waals surface area contributed by atoms with Crippen LogP contribution in [-0.2, 0) is 28.6 Å². The molecule has 3 rings (SSSR count). The summed E-state index contributed by atoms with van der Waals surface area (Å²) in [7, 11) is -2.51. The van der Waals surface area contributed by atoms with E-state index >= 15 is 0 Å². The number of rotatable bonds is 7. The number of nitrogens with one attached hydrogen (secondary N) is 3. The molecule has 11 heteroatoms. The van der Waals surface area contributed by atoms with Gasteiger partial charge in [-0.3, -0.25) is 15.0 Å². The molecule has 0 aromatic heterocycles. The number of carbonyl (C=O) groups excluding carboxylic acids is 2. The molecule has 0 radical (unpaired) electrons. The first kappa shape index (κ1) is 21.3. The molecule has 1 heterocycles. The number of carboxylic acids is 1. The summed E-state index contributed by atoms with van der Waals surface area (Å²) in [6.07, 6.45) is -1.53. The minimum Gasteiger partial charge on any atom is -0.478 e. The molecule has 3 amide bonds. The Morgan fingerprint density at radius 2 is 1.77 bits per heavy atom. The van der Waals surface area contributed by atoms with E-state index < -0.39 is 34.8 Å². The lowest BCUT2D eigenvalue weighted by Gasteiger charge is -2.34. The second kappa shape index (κ2) is 9.37. The monoisotopic (exact) mass is 432 g/mol. The van der Waals surface area contributed by atoms with Crippen molar-refractivity contribution in [2.24, 2.45) is 0 Å². The van der Waals surface area contributed by atoms with Gasteiger partial charge in [-0.15, -0.1) is 0 Å². The first-order valence-corrected chi connectivity index (χ1v) is 10.3. The lowest BCUT2D eigenvalue weighted by Crippen LogP contribution is -2.61. The van der Waals surface area contributed by atoms with E-state index in [1.165, 1.54) is 12.1 Å². The highest BCUT2D eigenvalue weighted by Crippen LogP contribution is 2.26. The van der Waals surface area contributed by atoms with Crippen LogP contribution in [0.25, 0.3) is 0 Å². The summed E-state index contributed by atoms with van der Waals surface area (Å²) in [5, 5.41) is 17.2. The van der Waals surface area contributed by atoms with Gasteiger partial charge in [-0.25, -0.2) is 18.0 Å². The highest BCUT2D eigenvalue weighted by molar-refractivity contribution is 7.72. The van der Waals surface area contributed by atoms with Gasteiger partial charge in [0.2, 0.25) is 6.17 Å². The Balaban J connectivity index is 1.73. The molecule has 2 aromatic carbocycles. The third-order valence-electron chi connectivity index (χ3n) is 4.39. The Kier molecular flexibility index (Phi) is 6.65. The van der Waals surface area contributed by atoms with Gasteiger partial charge < -0.3 is 15.7 Å². The molecule has 0 saturated carbocycles. The fraction of sp³-hybridized carbons (Fsp3) is 0.211. The third kappa shape index (κ3) is 4.93. The van der Waals surface area contributed by atoms with Gasteiger partial charge in [0.05, 0.1) is 17.1 Å². The second-order valence-corrected chi connectivity index (χ2v) is 7.48. The minimum atomic E-state index is -2.51. The van der Waals surface area contributed by atoms with Crippen LogP contribution in [0.5, 0.6) is 0 Å². The van der Waals surface area contributed by atoms with E-state index in [1.807, 2.05) is 6.07 Å². The van der Waals surface area contributed by atoms with Gasteiger partial charge in [0.15, 0.2) is 10.7 Å². The van der Waals surface area contributed by atoms with Crippen molar-refractivity contribution < 1.29 is 27.9 Å². The molecular formula is C19H20N4O6S. The minimum absolute atomic E-state index is 0.113. The predicted molar refractivity (Wildman–Crippen MR) is 109 cm³/mol. The molecule has 0 saturated heterocycles. The quantitative estimate of drug-likeness (QED) is 0.394. The Labute approximate surface area is 173 Å². The van der Waals surface area contributed by atoms with Gasteiger partial charge in [-0.1, -0.05) is 36.4 Å². The number of amides is 3. The molecule has 1 aliphatic rings. The standard InChI is InChI=1S/C19H20N4O6S/c24-17-14-6-1-2-7-15(14)23(16(22-17)18(25)26)19(27)21-10-13-5-3-4-12(8-13)9-20-11-30(28)29/h1-8,16,20,30H,9-11H2,(H,21,27)(H,22,24)(H,25,26). The van der Waals surface area contributed by atoms with Gasteiger partial charge in [0.25, 0.3) is 5.91 Å². The van der Waals surface area contributed by atoms with Gasteiger partial charge >= 0.3 is 12.0 Å². The molecule has 4 N–H and O–H groups in total. The number of carbonyl (C=O) groups is 3. The zero-order chi connectivity index (χ0) is 21.7. The molecule has 1 unspecified atom stereocenters. The smallest absolute Gasteiger partial charge is 0.347 e. The van der Waals surface area contributed by atoms with Crippen LogP contribution < -0.4 is 20.9 Å². The molecule has 10 nitrogen and oxygen atoms in total. The van der Waals surface area contributed by atoms with Gasteiger partial charge in [-0.05, 0) is 23.3 Å². The van der Waals surface area contributed by atoms with E-state index in [4.69, 9.17) is 0 Å². The van der Waals surface area contributed by atoms with Gasteiger partial charge in [0.1, 0.15) is 0 Å². The van der Waals surface area contributed by atoms with Crippen LogP contribution in [0.2, 0.25) is 0 Å². The number of thiol groups is 1. The first-order valence-electron chi connectivity index (χ1n) is 8.97. The van der Waals surface area contributed by atoms with Crippen molar-refractivity contribution in [1.82, 2.24) is 16.0 Å². The summed E-state index contributed by atoms with van der Waals surface area (Å²) in [5.41, 5.74) is 1.98. The van der Waals surface area contributed by atoms with E-state index in [9.17, 15) is 27.9 Å². The fourth-order valence-electron chi connectivity index (χ4n) is 3.08. The maximum absolute atomic E-state index is 12.8. The number of nitrogens with zero attached hydrogens (tertiary/aromatic N) is 1. The van der Waals surface area contributed by atoms with E-state index in [2.05, 4.69) is 16.0 Å². The Morgan fingerprint density at radius 1 is 1.07 bits per heavy atom. The zero-order valence-corrected chi connectivity index (χ0v) is 16.6. The number of hydrogen-bond acceptors (Lipinski definition) is 6. The van der Waals surface area contributed by atoms with Gasteiger partial charge in [0, 0.05) is 13.1 Å². The number of fused-ring (bicyclic) bond motifs is 1. The van der Waals surface area contributed by atoms with Crippen molar-refractivity contribution >= 4 is 34.3 Å². The maximum atomic E-state index is 12.8. The lowest BCUT2D eigenvalue weighted by molar-refractivity contribution is -0.139. The van der Waals surface area contributed by atoms with Crippen molar-refractivity contribution in [3.05, 3.63) is 65.2 Å². The average molecular weight is 432 g/mol. The Hall–Kier alpha value is -3.44. The average Bonchev–Trinajstić information content (AvgIpc) is 2.72. The molecule has 0 fully saturated rings. The Morgan fingerprint density at radius 3 is 2.47 bits per heavy atom. The third-order valence-corrected chi connectivity index (χ3v) is 4.87. The second-order valence-electron chi connectivity index (χ2n) is 6.50. The topological polar surface area (TPSA) is 145 Å². The number of para-hydroxylation sites is 1. The summed E-state index contributed by atoms with van der Waals surface area (Å²) in [6.45, 7) is 0.458. The van der Waals surface area contributed by atoms with Crippen LogP contribution in [0.4, 0.5) is 10.5 Å². The normalized spacial score (nSPS) is 15.4. The summed E-state index contributed by atoms with van der Waals surface area (Å²) < 4.78 is 21.2. The van der Waals surface area contributed by atoms with Crippen molar-refractivity contribution in [1.29, 1.82) is 0 Å². The van der Waals surface area contributed by atoms with Crippen LogP contribution in [0, 0.1) is 0 Å². The first-order chi connectivity index (χ1) is 14.4. The summed E-state index contributed by atoms with van der Waals surface area (Å²) in [4.78, 5) is 37.5. The molecule has 0 spiro atoms. The highest BCUT2D eigenvalue weighted by atomic mass is 32.2. The summed E-state index contributed by atoms with van der Waals surface area (Å²) in [6, 6.07) is 12.7. The lowest BCUT2D eigenvalue weighted by atomic mass is 10.1. The molecular weight excluding hydrogens is 412 g/mol. The van der Waals surface area contributed by atoms with Crippen LogP contribution in [0.1, 0.15) is 21.5 Å². The highest BCUT2D eigenvalue weighted by Gasteiger charge is 2.38. The number of carboxylic acid groups (broad SMARTS) is 1. The van der Waals surface area contributed by atoms with Crippen LogP contribution in [-0.4, -0.2) is 43.5 Å². The molecule has 30 heavy (non-hydrogen) atoms. The van der Waals surface area contributed by atoms with Crippen LogP contribution in [0.15, 0.2) is 48.5 Å². The summed E-state index contributed by atoms with van der Waals surface area (Å²) >= 11 is 0. The van der Waals surface area contributed by atoms with E-state index in [0.717, 1.165) is 16.0 Å². The molecule has 1 atom stereocenters. The molecule has 0 aliphatic carbocycles. The van der Waals surface area contributed by atoms with Crippen molar-refractivity contribution in [3.8, 4) is 0 Å². The zero-order valence-electron chi connectivity index (χ0n) is 15.7. The molecule has 2 aromatic rings. The predicted octanol–water partition coefficient (Wildman–Crippen LogP) is 0.215. The number of aliphatic carboxylic acids is 1. The number of urea groups is 1. The number of hydrogen-bond donors (Lipinski definition) is 5. The summed E-state index contributed by atoms with van der Waals surface area (Å²) in [5.74, 6) is -2.06. The van der Waals surface area contributed by atoms with Crippen molar-refractivity contribution in [2.75, 3.05) is 10.8 Å². The molecule has 158 valence electrons. The SMILES string of the molecule is O=C1NC(C(=O)O)N(C(=O)NCc2cccc(CNC[SH](=O)=O)c2)c2ccccc21. The number of anilines is 1. The molecule has 0 bridgehead atoms. The van der Waals surface area contributed by atoms with Crippen LogP contribution >= 0.6 is 0 Å². The Bertz CT molecular complexity index is 1050. The number of benzene rings is 2. The van der Waals surface area contributed by atoms with Gasteiger partial charge in [-0.2, -0.15) is 0 Å².